The monoisotopic (exact) mass is 285 g/mol. The van der Waals surface area contributed by atoms with Crippen LogP contribution in [-0.2, 0) is 17.9 Å². The molecular formula is C18H23NO2. The smallest absolute Gasteiger partial charge is 0.119 e. The minimum atomic E-state index is 0.270. The SMILES string of the molecule is COCc1cccc(CN[C@@H](C)c2cccc(OC)c2)c1. The molecule has 0 radical (unpaired) electrons. The third kappa shape index (κ3) is 4.59. The van der Waals surface area contributed by atoms with E-state index in [9.17, 15) is 0 Å². The van der Waals surface area contributed by atoms with E-state index >= 15 is 0 Å². The third-order valence-electron chi connectivity index (χ3n) is 3.51. The Morgan fingerprint density at radius 2 is 1.76 bits per heavy atom. The third-order valence-corrected chi connectivity index (χ3v) is 3.51. The second-order valence-corrected chi connectivity index (χ2v) is 5.13. The molecule has 0 unspecified atom stereocenters. The second kappa shape index (κ2) is 7.81. The molecular weight excluding hydrogens is 262 g/mol. The van der Waals surface area contributed by atoms with Crippen LogP contribution in [0.1, 0.15) is 29.7 Å². The van der Waals surface area contributed by atoms with Crippen LogP contribution in [0.5, 0.6) is 5.75 Å². The van der Waals surface area contributed by atoms with Crippen LogP contribution in [0.4, 0.5) is 0 Å². The lowest BCUT2D eigenvalue weighted by Crippen LogP contribution is -2.18. The number of hydrogen-bond acceptors (Lipinski definition) is 3. The molecule has 3 nitrogen and oxygen atoms in total. The Labute approximate surface area is 126 Å². The summed E-state index contributed by atoms with van der Waals surface area (Å²) in [6.07, 6.45) is 0. The lowest BCUT2D eigenvalue weighted by molar-refractivity contribution is 0.185. The van der Waals surface area contributed by atoms with Gasteiger partial charge in [-0.3, -0.25) is 0 Å². The topological polar surface area (TPSA) is 30.5 Å². The molecule has 0 aliphatic rings. The van der Waals surface area contributed by atoms with Crippen molar-refractivity contribution in [3.8, 4) is 5.75 Å². The molecule has 2 aromatic rings. The lowest BCUT2D eigenvalue weighted by Gasteiger charge is -2.15. The quantitative estimate of drug-likeness (QED) is 0.841. The van der Waals surface area contributed by atoms with Gasteiger partial charge in [0.15, 0.2) is 0 Å². The maximum atomic E-state index is 5.27. The van der Waals surface area contributed by atoms with Crippen molar-refractivity contribution in [3.05, 3.63) is 65.2 Å². The van der Waals surface area contributed by atoms with Crippen molar-refractivity contribution in [2.24, 2.45) is 0 Å². The average Bonchev–Trinajstić information content (AvgIpc) is 2.53. The predicted octanol–water partition coefficient (Wildman–Crippen LogP) is 3.69. The Balaban J connectivity index is 1.96. The van der Waals surface area contributed by atoms with Crippen LogP contribution < -0.4 is 10.1 Å². The van der Waals surface area contributed by atoms with Crippen molar-refractivity contribution in [2.45, 2.75) is 26.1 Å². The fourth-order valence-electron chi connectivity index (χ4n) is 2.30. The fourth-order valence-corrected chi connectivity index (χ4v) is 2.30. The predicted molar refractivity (Wildman–Crippen MR) is 85.4 cm³/mol. The molecule has 1 atom stereocenters. The summed E-state index contributed by atoms with van der Waals surface area (Å²) < 4.78 is 10.4. The van der Waals surface area contributed by atoms with Crippen molar-refractivity contribution in [3.63, 3.8) is 0 Å². The van der Waals surface area contributed by atoms with E-state index in [0.29, 0.717) is 6.61 Å². The maximum absolute atomic E-state index is 5.27. The average molecular weight is 285 g/mol. The first-order valence-electron chi connectivity index (χ1n) is 7.17. The van der Waals surface area contributed by atoms with Crippen LogP contribution in [0, 0.1) is 0 Å². The van der Waals surface area contributed by atoms with Crippen LogP contribution in [0.25, 0.3) is 0 Å². The number of methoxy groups -OCH3 is 2. The molecule has 0 aliphatic heterocycles. The van der Waals surface area contributed by atoms with Crippen LogP contribution in [0.2, 0.25) is 0 Å². The van der Waals surface area contributed by atoms with Gasteiger partial charge in [-0.25, -0.2) is 0 Å². The Morgan fingerprint density at radius 3 is 2.52 bits per heavy atom. The summed E-state index contributed by atoms with van der Waals surface area (Å²) in [4.78, 5) is 0. The summed E-state index contributed by atoms with van der Waals surface area (Å²) in [6, 6.07) is 16.9. The van der Waals surface area contributed by atoms with Crippen molar-refractivity contribution in [1.82, 2.24) is 5.32 Å². The Bertz CT molecular complexity index is 569. The van der Waals surface area contributed by atoms with E-state index in [1.165, 1.54) is 16.7 Å². The lowest BCUT2D eigenvalue weighted by atomic mass is 10.1. The van der Waals surface area contributed by atoms with E-state index < -0.39 is 0 Å². The summed E-state index contributed by atoms with van der Waals surface area (Å²) in [6.45, 7) is 3.64. The molecule has 0 spiro atoms. The van der Waals surface area contributed by atoms with Crippen molar-refractivity contribution in [2.75, 3.05) is 14.2 Å². The highest BCUT2D eigenvalue weighted by atomic mass is 16.5. The number of ether oxygens (including phenoxy) is 2. The Morgan fingerprint density at radius 1 is 1.00 bits per heavy atom. The van der Waals surface area contributed by atoms with Gasteiger partial charge in [-0.15, -0.1) is 0 Å². The molecule has 0 heterocycles. The van der Waals surface area contributed by atoms with Crippen molar-refractivity contribution < 1.29 is 9.47 Å². The van der Waals surface area contributed by atoms with Gasteiger partial charge in [0, 0.05) is 19.7 Å². The highest BCUT2D eigenvalue weighted by molar-refractivity contribution is 5.30. The van der Waals surface area contributed by atoms with Crippen LogP contribution in [0.15, 0.2) is 48.5 Å². The summed E-state index contributed by atoms with van der Waals surface area (Å²) in [7, 11) is 3.41. The van der Waals surface area contributed by atoms with E-state index in [4.69, 9.17) is 9.47 Å². The maximum Gasteiger partial charge on any atom is 0.119 e. The van der Waals surface area contributed by atoms with Gasteiger partial charge in [-0.05, 0) is 35.7 Å². The largest absolute Gasteiger partial charge is 0.497 e. The van der Waals surface area contributed by atoms with Crippen LogP contribution in [0.3, 0.4) is 0 Å². The summed E-state index contributed by atoms with van der Waals surface area (Å²) in [5.74, 6) is 0.892. The molecule has 0 bridgehead atoms. The molecule has 112 valence electrons. The molecule has 0 saturated heterocycles. The zero-order valence-corrected chi connectivity index (χ0v) is 12.9. The number of hydrogen-bond donors (Lipinski definition) is 1. The summed E-state index contributed by atoms with van der Waals surface area (Å²) in [5.41, 5.74) is 3.69. The minimum absolute atomic E-state index is 0.270. The summed E-state index contributed by atoms with van der Waals surface area (Å²) in [5, 5.41) is 3.54. The highest BCUT2D eigenvalue weighted by Crippen LogP contribution is 2.19. The van der Waals surface area contributed by atoms with Crippen LogP contribution in [-0.4, -0.2) is 14.2 Å². The Hall–Kier alpha value is -1.84. The molecule has 2 aromatic carbocycles. The molecule has 0 aromatic heterocycles. The van der Waals surface area contributed by atoms with Gasteiger partial charge >= 0.3 is 0 Å². The zero-order chi connectivity index (χ0) is 15.1. The molecule has 2 rings (SSSR count). The zero-order valence-electron chi connectivity index (χ0n) is 12.9. The fraction of sp³-hybridized carbons (Fsp3) is 0.333. The molecule has 0 aliphatic carbocycles. The molecule has 3 heteroatoms. The van der Waals surface area contributed by atoms with E-state index in [-0.39, 0.29) is 6.04 Å². The summed E-state index contributed by atoms with van der Waals surface area (Å²) >= 11 is 0. The molecule has 0 amide bonds. The number of benzene rings is 2. The van der Waals surface area contributed by atoms with E-state index in [1.54, 1.807) is 14.2 Å². The number of nitrogens with one attached hydrogen (secondary N) is 1. The van der Waals surface area contributed by atoms with Crippen LogP contribution >= 0.6 is 0 Å². The van der Waals surface area contributed by atoms with E-state index in [0.717, 1.165) is 12.3 Å². The van der Waals surface area contributed by atoms with Crippen molar-refractivity contribution >= 4 is 0 Å². The van der Waals surface area contributed by atoms with Gasteiger partial charge < -0.3 is 14.8 Å². The number of rotatable bonds is 7. The first-order valence-corrected chi connectivity index (χ1v) is 7.17. The molecule has 21 heavy (non-hydrogen) atoms. The first-order chi connectivity index (χ1) is 10.2. The van der Waals surface area contributed by atoms with Gasteiger partial charge in [0.25, 0.3) is 0 Å². The first kappa shape index (κ1) is 15.5. The van der Waals surface area contributed by atoms with Gasteiger partial charge in [0.2, 0.25) is 0 Å². The Kier molecular flexibility index (Phi) is 5.78. The van der Waals surface area contributed by atoms with Gasteiger partial charge in [-0.2, -0.15) is 0 Å². The minimum Gasteiger partial charge on any atom is -0.497 e. The highest BCUT2D eigenvalue weighted by Gasteiger charge is 2.06. The molecule has 0 saturated carbocycles. The second-order valence-electron chi connectivity index (χ2n) is 5.13. The van der Waals surface area contributed by atoms with Gasteiger partial charge in [0.05, 0.1) is 13.7 Å². The van der Waals surface area contributed by atoms with Crippen molar-refractivity contribution in [1.29, 1.82) is 0 Å². The molecule has 1 N–H and O–H groups in total. The standard InChI is InChI=1S/C18H23NO2/c1-14(17-8-5-9-18(11-17)21-3)19-12-15-6-4-7-16(10-15)13-20-2/h4-11,14,19H,12-13H2,1-3H3/t14-/m0/s1. The normalized spacial score (nSPS) is 12.1. The van der Waals surface area contributed by atoms with E-state index in [2.05, 4.69) is 48.6 Å². The van der Waals surface area contributed by atoms with Gasteiger partial charge in [0.1, 0.15) is 5.75 Å². The van der Waals surface area contributed by atoms with Gasteiger partial charge in [-0.1, -0.05) is 36.4 Å². The molecule has 0 fully saturated rings. The van der Waals surface area contributed by atoms with E-state index in [1.807, 2.05) is 12.1 Å².